The third kappa shape index (κ3) is 3.55. The van der Waals surface area contributed by atoms with Crippen molar-refractivity contribution in [1.82, 2.24) is 19.1 Å². The molecule has 0 saturated carbocycles. The first kappa shape index (κ1) is 25.3. The SMILES string of the molecule is C1=CC2C=Cc3c(c4ccc5c6ccccc6n(-c6ccccc6)c5c4n3-c3nc(-c4ccccc4)c4ccccc4n3)C2C=C1. The van der Waals surface area contributed by atoms with Crippen molar-refractivity contribution in [1.29, 1.82) is 0 Å². The van der Waals surface area contributed by atoms with Crippen molar-refractivity contribution in [2.75, 3.05) is 0 Å². The van der Waals surface area contributed by atoms with Crippen LogP contribution in [0.3, 0.4) is 0 Å². The van der Waals surface area contributed by atoms with Crippen LogP contribution in [0.25, 0.3) is 72.6 Å². The molecule has 0 aliphatic heterocycles. The molecule has 3 heterocycles. The van der Waals surface area contributed by atoms with Gasteiger partial charge in [-0.3, -0.25) is 4.57 Å². The van der Waals surface area contributed by atoms with Crippen molar-refractivity contribution in [3.8, 4) is 22.9 Å². The van der Waals surface area contributed by atoms with Crippen LogP contribution in [0.5, 0.6) is 0 Å². The summed E-state index contributed by atoms with van der Waals surface area (Å²) >= 11 is 0. The molecule has 0 saturated heterocycles. The maximum absolute atomic E-state index is 5.42. The molecule has 0 radical (unpaired) electrons. The van der Waals surface area contributed by atoms with Gasteiger partial charge in [-0.25, -0.2) is 9.97 Å². The quantitative estimate of drug-likeness (QED) is 0.206. The number of hydrogen-bond acceptors (Lipinski definition) is 2. The van der Waals surface area contributed by atoms with Crippen molar-refractivity contribution >= 4 is 49.7 Å². The van der Waals surface area contributed by atoms with E-state index < -0.39 is 0 Å². The summed E-state index contributed by atoms with van der Waals surface area (Å²) in [6.07, 6.45) is 13.7. The first-order valence-electron chi connectivity index (χ1n) is 15.9. The molecule has 0 fully saturated rings. The molecular weight excluding hydrogens is 560 g/mol. The van der Waals surface area contributed by atoms with E-state index in [2.05, 4.69) is 167 Å². The first-order chi connectivity index (χ1) is 22.8. The van der Waals surface area contributed by atoms with E-state index in [-0.39, 0.29) is 5.92 Å². The van der Waals surface area contributed by atoms with Crippen LogP contribution in [0.15, 0.2) is 152 Å². The summed E-state index contributed by atoms with van der Waals surface area (Å²) in [5, 5.41) is 4.72. The van der Waals surface area contributed by atoms with Gasteiger partial charge in [-0.15, -0.1) is 0 Å². The van der Waals surface area contributed by atoms with Crippen LogP contribution < -0.4 is 0 Å². The average molecular weight is 589 g/mol. The van der Waals surface area contributed by atoms with Crippen LogP contribution in [0.4, 0.5) is 0 Å². The molecule has 2 unspecified atom stereocenters. The van der Waals surface area contributed by atoms with Gasteiger partial charge < -0.3 is 4.57 Å². The lowest BCUT2D eigenvalue weighted by atomic mass is 9.78. The van der Waals surface area contributed by atoms with E-state index in [1.54, 1.807) is 0 Å². The number of rotatable bonds is 3. The Labute approximate surface area is 265 Å². The van der Waals surface area contributed by atoms with Gasteiger partial charge in [-0.2, -0.15) is 0 Å². The molecule has 5 aromatic carbocycles. The Kier molecular flexibility index (Phi) is 5.37. The van der Waals surface area contributed by atoms with Gasteiger partial charge in [0.25, 0.3) is 0 Å². The average Bonchev–Trinajstić information content (AvgIpc) is 3.65. The van der Waals surface area contributed by atoms with Gasteiger partial charge in [-0.1, -0.05) is 127 Å². The standard InChI is InChI=1S/C42H28N4/c1-3-14-28(15-4-1)39-33-20-9-11-21-35(33)43-42(44-39)46-37-26-23-27-13-7-8-18-30(27)38(37)34-25-24-32-31-19-10-12-22-36(31)45(40(32)41(34)46)29-16-5-2-6-17-29/h1-27,30H. The molecule has 0 N–H and O–H groups in total. The van der Waals surface area contributed by atoms with Crippen LogP contribution >= 0.6 is 0 Å². The molecule has 216 valence electrons. The minimum Gasteiger partial charge on any atom is -0.307 e. The number of allylic oxidation sites excluding steroid dienone is 5. The van der Waals surface area contributed by atoms with Gasteiger partial charge in [-0.05, 0) is 35.9 Å². The minimum absolute atomic E-state index is 0.231. The lowest BCUT2D eigenvalue weighted by Gasteiger charge is -2.26. The number of nitrogens with zero attached hydrogens (tertiary/aromatic N) is 4. The zero-order chi connectivity index (χ0) is 30.2. The smallest absolute Gasteiger partial charge is 0.235 e. The molecule has 2 aliphatic carbocycles. The first-order valence-corrected chi connectivity index (χ1v) is 15.9. The van der Waals surface area contributed by atoms with E-state index in [0.29, 0.717) is 11.9 Å². The maximum Gasteiger partial charge on any atom is 0.235 e. The van der Waals surface area contributed by atoms with Gasteiger partial charge in [0.15, 0.2) is 0 Å². The molecule has 0 spiro atoms. The van der Waals surface area contributed by atoms with Crippen molar-refractivity contribution in [3.05, 3.63) is 163 Å². The molecule has 3 aromatic heterocycles. The Balaban J connectivity index is 1.41. The van der Waals surface area contributed by atoms with E-state index in [4.69, 9.17) is 9.97 Å². The Hall–Kier alpha value is -6.00. The maximum atomic E-state index is 5.42. The van der Waals surface area contributed by atoms with Crippen molar-refractivity contribution < 1.29 is 0 Å². The predicted octanol–water partition coefficient (Wildman–Crippen LogP) is 10.2. The number of benzene rings is 5. The fraction of sp³-hybridized carbons (Fsp3) is 0.0476. The number of aromatic nitrogens is 4. The molecule has 2 aliphatic rings. The summed E-state index contributed by atoms with van der Waals surface area (Å²) in [5.41, 5.74) is 10.0. The predicted molar refractivity (Wildman–Crippen MR) is 190 cm³/mol. The normalized spacial score (nSPS) is 16.9. The molecule has 4 heteroatoms. The lowest BCUT2D eigenvalue weighted by Crippen LogP contribution is -2.14. The molecule has 8 aromatic rings. The van der Waals surface area contributed by atoms with E-state index in [0.717, 1.165) is 44.6 Å². The van der Waals surface area contributed by atoms with Crippen LogP contribution in [0.2, 0.25) is 0 Å². The van der Waals surface area contributed by atoms with Crippen LogP contribution in [0.1, 0.15) is 17.2 Å². The van der Waals surface area contributed by atoms with E-state index in [1.165, 1.54) is 27.2 Å². The molecule has 2 atom stereocenters. The third-order valence-corrected chi connectivity index (χ3v) is 9.68. The monoisotopic (exact) mass is 588 g/mol. The summed E-state index contributed by atoms with van der Waals surface area (Å²) in [7, 11) is 0. The second-order valence-corrected chi connectivity index (χ2v) is 12.2. The van der Waals surface area contributed by atoms with Crippen molar-refractivity contribution in [3.63, 3.8) is 0 Å². The summed E-state index contributed by atoms with van der Waals surface area (Å²) < 4.78 is 4.76. The fourth-order valence-corrected chi connectivity index (χ4v) is 7.71. The number of para-hydroxylation sites is 3. The van der Waals surface area contributed by atoms with Gasteiger partial charge >= 0.3 is 0 Å². The number of fused-ring (bicyclic) bond motifs is 10. The summed E-state index contributed by atoms with van der Waals surface area (Å²) in [6, 6.07) is 42.9. The van der Waals surface area contributed by atoms with E-state index in [1.807, 2.05) is 0 Å². The lowest BCUT2D eigenvalue weighted by molar-refractivity contribution is 0.692. The highest BCUT2D eigenvalue weighted by Gasteiger charge is 2.32. The van der Waals surface area contributed by atoms with E-state index in [9.17, 15) is 0 Å². The highest BCUT2D eigenvalue weighted by atomic mass is 15.2. The van der Waals surface area contributed by atoms with Gasteiger partial charge in [0.1, 0.15) is 0 Å². The molecular formula is C42H28N4. The van der Waals surface area contributed by atoms with Gasteiger partial charge in [0.05, 0.1) is 33.5 Å². The second-order valence-electron chi connectivity index (χ2n) is 12.2. The molecule has 4 nitrogen and oxygen atoms in total. The zero-order valence-corrected chi connectivity index (χ0v) is 25.0. The Morgan fingerprint density at radius 3 is 2.09 bits per heavy atom. The van der Waals surface area contributed by atoms with Gasteiger partial charge in [0, 0.05) is 44.6 Å². The van der Waals surface area contributed by atoms with Crippen LogP contribution in [-0.2, 0) is 0 Å². The number of hydrogen-bond donors (Lipinski definition) is 0. The van der Waals surface area contributed by atoms with Gasteiger partial charge in [0.2, 0.25) is 5.95 Å². The van der Waals surface area contributed by atoms with Crippen LogP contribution in [-0.4, -0.2) is 19.1 Å². The topological polar surface area (TPSA) is 35.6 Å². The minimum atomic E-state index is 0.231. The van der Waals surface area contributed by atoms with Crippen molar-refractivity contribution in [2.24, 2.45) is 5.92 Å². The van der Waals surface area contributed by atoms with E-state index >= 15 is 0 Å². The molecule has 10 rings (SSSR count). The molecule has 46 heavy (non-hydrogen) atoms. The summed E-state index contributed by atoms with van der Waals surface area (Å²) in [6.45, 7) is 0. The fourth-order valence-electron chi connectivity index (χ4n) is 7.71. The second kappa shape index (κ2) is 9.75. The molecule has 0 bridgehead atoms. The highest BCUT2D eigenvalue weighted by Crippen LogP contribution is 2.47. The zero-order valence-electron chi connectivity index (χ0n) is 25.0. The highest BCUT2D eigenvalue weighted by molar-refractivity contribution is 6.19. The Morgan fingerprint density at radius 1 is 0.522 bits per heavy atom. The van der Waals surface area contributed by atoms with Crippen molar-refractivity contribution in [2.45, 2.75) is 5.92 Å². The summed E-state index contributed by atoms with van der Waals surface area (Å²) in [5.74, 6) is 1.22. The molecule has 0 amide bonds. The summed E-state index contributed by atoms with van der Waals surface area (Å²) in [4.78, 5) is 10.7. The third-order valence-electron chi connectivity index (χ3n) is 9.68. The van der Waals surface area contributed by atoms with Crippen LogP contribution in [0, 0.1) is 5.92 Å². The largest absolute Gasteiger partial charge is 0.307 e. The Morgan fingerprint density at radius 2 is 1.22 bits per heavy atom. The Bertz CT molecular complexity index is 2580.